The largest absolute Gasteiger partial charge is 0.468 e. The Morgan fingerprint density at radius 3 is 2.10 bits per heavy atom. The number of nitrogens with zero attached hydrogens (tertiary/aromatic N) is 1. The van der Waals surface area contributed by atoms with E-state index in [-0.39, 0.29) is 17.9 Å². The van der Waals surface area contributed by atoms with Gasteiger partial charge in [-0.05, 0) is 23.3 Å². The van der Waals surface area contributed by atoms with Crippen molar-refractivity contribution < 1.29 is 13.9 Å². The average Bonchev–Trinajstić information content (AvgIpc) is 3.34. The standard InChI is InChI=1S/C25H28N2O3/c28-25(18-22(20-8-3-1-4-9-20)21-10-5-2-6-11-21)26-19-23(24-12-7-15-30-24)27-13-16-29-17-14-27/h1-12,15,22-23H,13-14,16-19H2,(H,26,28). The van der Waals surface area contributed by atoms with E-state index in [2.05, 4.69) is 34.5 Å². The molecule has 2 aromatic carbocycles. The highest BCUT2D eigenvalue weighted by molar-refractivity contribution is 5.77. The van der Waals surface area contributed by atoms with Gasteiger partial charge in [-0.2, -0.15) is 0 Å². The Morgan fingerprint density at radius 2 is 1.53 bits per heavy atom. The number of hydrogen-bond donors (Lipinski definition) is 1. The van der Waals surface area contributed by atoms with E-state index in [1.165, 1.54) is 0 Å². The molecular formula is C25H28N2O3. The van der Waals surface area contributed by atoms with Gasteiger partial charge in [-0.1, -0.05) is 60.7 Å². The summed E-state index contributed by atoms with van der Waals surface area (Å²) >= 11 is 0. The third-order valence-corrected chi connectivity index (χ3v) is 5.64. The van der Waals surface area contributed by atoms with Crippen LogP contribution in [-0.2, 0) is 9.53 Å². The molecule has 0 spiro atoms. The SMILES string of the molecule is O=C(CC(c1ccccc1)c1ccccc1)NCC(c1ccco1)N1CCOCC1. The summed E-state index contributed by atoms with van der Waals surface area (Å²) < 4.78 is 11.2. The molecule has 1 fully saturated rings. The monoisotopic (exact) mass is 404 g/mol. The number of hydrogen-bond acceptors (Lipinski definition) is 4. The van der Waals surface area contributed by atoms with E-state index in [9.17, 15) is 4.79 Å². The fraction of sp³-hybridized carbons (Fsp3) is 0.320. The molecule has 1 N–H and O–H groups in total. The Labute approximate surface area is 177 Å². The molecule has 156 valence electrons. The van der Waals surface area contributed by atoms with Crippen LogP contribution in [0.25, 0.3) is 0 Å². The second-order valence-electron chi connectivity index (χ2n) is 7.56. The molecule has 1 aliphatic rings. The van der Waals surface area contributed by atoms with E-state index >= 15 is 0 Å². The number of amides is 1. The molecule has 1 unspecified atom stereocenters. The smallest absolute Gasteiger partial charge is 0.221 e. The number of nitrogens with one attached hydrogen (secondary N) is 1. The van der Waals surface area contributed by atoms with Crippen LogP contribution in [0.2, 0.25) is 0 Å². The lowest BCUT2D eigenvalue weighted by atomic mass is 9.88. The van der Waals surface area contributed by atoms with Gasteiger partial charge < -0.3 is 14.5 Å². The van der Waals surface area contributed by atoms with Gasteiger partial charge in [0.25, 0.3) is 0 Å². The Kier molecular flexibility index (Phi) is 6.95. The minimum absolute atomic E-state index is 0.0137. The third-order valence-electron chi connectivity index (χ3n) is 5.64. The van der Waals surface area contributed by atoms with Crippen LogP contribution < -0.4 is 5.32 Å². The maximum Gasteiger partial charge on any atom is 0.221 e. The molecule has 0 aliphatic carbocycles. The van der Waals surface area contributed by atoms with Gasteiger partial charge in [0, 0.05) is 32.0 Å². The number of rotatable bonds is 8. The van der Waals surface area contributed by atoms with Crippen molar-refractivity contribution in [3.05, 3.63) is 95.9 Å². The molecule has 0 saturated carbocycles. The summed E-state index contributed by atoms with van der Waals surface area (Å²) in [6.07, 6.45) is 2.09. The van der Waals surface area contributed by atoms with Crippen LogP contribution in [0.3, 0.4) is 0 Å². The maximum atomic E-state index is 13.0. The van der Waals surface area contributed by atoms with Crippen LogP contribution in [-0.4, -0.2) is 43.7 Å². The minimum Gasteiger partial charge on any atom is -0.468 e. The summed E-state index contributed by atoms with van der Waals surface area (Å²) in [6.45, 7) is 3.59. The molecular weight excluding hydrogens is 376 g/mol. The number of ether oxygens (including phenoxy) is 1. The highest BCUT2D eigenvalue weighted by atomic mass is 16.5. The molecule has 3 aromatic rings. The Morgan fingerprint density at radius 1 is 0.900 bits per heavy atom. The van der Waals surface area contributed by atoms with Gasteiger partial charge in [0.15, 0.2) is 0 Å². The fourth-order valence-electron chi connectivity index (χ4n) is 4.05. The molecule has 1 atom stereocenters. The highest BCUT2D eigenvalue weighted by Gasteiger charge is 2.26. The predicted octanol–water partition coefficient (Wildman–Crippen LogP) is 3.99. The summed E-state index contributed by atoms with van der Waals surface area (Å²) in [5, 5.41) is 3.16. The fourth-order valence-corrected chi connectivity index (χ4v) is 4.05. The topological polar surface area (TPSA) is 54.7 Å². The lowest BCUT2D eigenvalue weighted by Crippen LogP contribution is -2.43. The number of furan rings is 1. The van der Waals surface area contributed by atoms with Gasteiger partial charge >= 0.3 is 0 Å². The lowest BCUT2D eigenvalue weighted by molar-refractivity contribution is -0.121. The second kappa shape index (κ2) is 10.2. The highest BCUT2D eigenvalue weighted by Crippen LogP contribution is 2.28. The van der Waals surface area contributed by atoms with Crippen molar-refractivity contribution in [2.75, 3.05) is 32.8 Å². The number of carbonyl (C=O) groups excluding carboxylic acids is 1. The van der Waals surface area contributed by atoms with Crippen LogP contribution >= 0.6 is 0 Å². The quantitative estimate of drug-likeness (QED) is 0.617. The summed E-state index contributed by atoms with van der Waals surface area (Å²) in [6, 6.07) is 24.3. The van der Waals surface area contributed by atoms with Crippen LogP contribution in [0.5, 0.6) is 0 Å². The molecule has 30 heavy (non-hydrogen) atoms. The first kappa shape index (κ1) is 20.4. The van der Waals surface area contributed by atoms with Crippen molar-refractivity contribution in [2.45, 2.75) is 18.4 Å². The van der Waals surface area contributed by atoms with E-state index in [1.807, 2.05) is 48.5 Å². The van der Waals surface area contributed by atoms with E-state index in [0.717, 1.165) is 30.0 Å². The molecule has 5 heteroatoms. The van der Waals surface area contributed by atoms with E-state index in [1.54, 1.807) is 6.26 Å². The summed E-state index contributed by atoms with van der Waals surface area (Å²) in [5.74, 6) is 0.940. The number of morpholine rings is 1. The third kappa shape index (κ3) is 5.17. The van der Waals surface area contributed by atoms with E-state index in [4.69, 9.17) is 9.15 Å². The van der Waals surface area contributed by atoms with E-state index < -0.39 is 0 Å². The first-order chi connectivity index (χ1) is 14.8. The molecule has 1 aromatic heterocycles. The molecule has 5 nitrogen and oxygen atoms in total. The summed E-state index contributed by atoms with van der Waals surface area (Å²) in [7, 11) is 0. The van der Waals surface area contributed by atoms with E-state index in [0.29, 0.717) is 26.2 Å². The maximum absolute atomic E-state index is 13.0. The van der Waals surface area contributed by atoms with Crippen LogP contribution in [0.4, 0.5) is 0 Å². The zero-order valence-corrected chi connectivity index (χ0v) is 17.1. The van der Waals surface area contributed by atoms with Crippen molar-refractivity contribution in [2.24, 2.45) is 0 Å². The van der Waals surface area contributed by atoms with Crippen LogP contribution in [0.15, 0.2) is 83.5 Å². The normalized spacial score (nSPS) is 15.8. The van der Waals surface area contributed by atoms with Crippen molar-refractivity contribution in [1.29, 1.82) is 0 Å². The van der Waals surface area contributed by atoms with Gasteiger partial charge in [-0.15, -0.1) is 0 Å². The Balaban J connectivity index is 1.45. The summed E-state index contributed by atoms with van der Waals surface area (Å²) in [5.41, 5.74) is 2.30. The number of benzene rings is 2. The molecule has 4 rings (SSSR count). The van der Waals surface area contributed by atoms with Crippen LogP contribution in [0.1, 0.15) is 35.3 Å². The van der Waals surface area contributed by atoms with Crippen molar-refractivity contribution >= 4 is 5.91 Å². The first-order valence-corrected chi connectivity index (χ1v) is 10.5. The van der Waals surface area contributed by atoms with Gasteiger partial charge in [-0.25, -0.2) is 0 Å². The number of carbonyl (C=O) groups is 1. The van der Waals surface area contributed by atoms with Gasteiger partial charge in [0.2, 0.25) is 5.91 Å². The van der Waals surface area contributed by atoms with Crippen molar-refractivity contribution in [3.63, 3.8) is 0 Å². The lowest BCUT2D eigenvalue weighted by Gasteiger charge is -2.33. The average molecular weight is 405 g/mol. The van der Waals surface area contributed by atoms with Gasteiger partial charge in [0.05, 0.1) is 25.5 Å². The second-order valence-corrected chi connectivity index (χ2v) is 7.56. The zero-order valence-electron chi connectivity index (χ0n) is 17.1. The Hall–Kier alpha value is -2.89. The molecule has 1 amide bonds. The predicted molar refractivity (Wildman–Crippen MR) is 116 cm³/mol. The Bertz CT molecular complexity index is 851. The molecule has 2 heterocycles. The molecule has 0 radical (unpaired) electrons. The van der Waals surface area contributed by atoms with Crippen molar-refractivity contribution in [3.8, 4) is 0 Å². The molecule has 1 saturated heterocycles. The zero-order chi connectivity index (χ0) is 20.6. The molecule has 0 bridgehead atoms. The summed E-state index contributed by atoms with van der Waals surface area (Å²) in [4.78, 5) is 15.3. The molecule has 1 aliphatic heterocycles. The minimum atomic E-state index is 0.0137. The van der Waals surface area contributed by atoms with Crippen molar-refractivity contribution in [1.82, 2.24) is 10.2 Å². The van der Waals surface area contributed by atoms with Gasteiger partial charge in [-0.3, -0.25) is 9.69 Å². The van der Waals surface area contributed by atoms with Crippen LogP contribution in [0, 0.1) is 0 Å². The van der Waals surface area contributed by atoms with Gasteiger partial charge in [0.1, 0.15) is 5.76 Å². The first-order valence-electron chi connectivity index (χ1n) is 10.5.